The number of carbonyl (C=O) groups excluding carboxylic acids is 3. The minimum absolute atomic E-state index is 0.136. The fourth-order valence-electron chi connectivity index (χ4n) is 5.09. The first-order chi connectivity index (χ1) is 17.0. The number of anilines is 1. The summed E-state index contributed by atoms with van der Waals surface area (Å²) in [6.45, 7) is 0.720. The normalized spacial score (nSPS) is 20.6. The average molecular weight is 493 g/mol. The van der Waals surface area contributed by atoms with Gasteiger partial charge in [-0.15, -0.1) is 0 Å². The second kappa shape index (κ2) is 10.1. The number of nitrogens with one attached hydrogen (secondary N) is 3. The van der Waals surface area contributed by atoms with Crippen molar-refractivity contribution >= 4 is 45.9 Å². The molecule has 0 spiro atoms. The average Bonchev–Trinajstić information content (AvgIpc) is 3.39. The molecule has 8 heteroatoms. The number of amides is 3. The standard InChI is InChI=1S/C27H29ClN4O3/c28-21-16-29-24-15-18(10-13-20(21)24)27(35)31-23-6-4-5-22(23)30-26(34)17-8-11-19(12-9-17)32-14-3-1-2-7-25(32)33/h8-13,15-16,22-23,29H,1-7,14H2,(H,30,34)(H,31,35)/t22-,23?/m0/s1. The minimum atomic E-state index is -0.174. The molecule has 35 heavy (non-hydrogen) atoms. The largest absolute Gasteiger partial charge is 0.360 e. The van der Waals surface area contributed by atoms with Gasteiger partial charge in [0, 0.05) is 59.0 Å². The van der Waals surface area contributed by atoms with E-state index in [2.05, 4.69) is 15.6 Å². The molecule has 182 valence electrons. The molecule has 1 saturated heterocycles. The summed E-state index contributed by atoms with van der Waals surface area (Å²) in [5.74, 6) is -0.203. The fraction of sp³-hybridized carbons (Fsp3) is 0.370. The molecule has 3 amide bonds. The monoisotopic (exact) mass is 492 g/mol. The summed E-state index contributed by atoms with van der Waals surface area (Å²) in [6.07, 6.45) is 7.82. The first kappa shape index (κ1) is 23.4. The van der Waals surface area contributed by atoms with Crippen LogP contribution >= 0.6 is 11.6 Å². The lowest BCUT2D eigenvalue weighted by Crippen LogP contribution is -2.48. The lowest BCUT2D eigenvalue weighted by Gasteiger charge is -2.23. The number of aromatic nitrogens is 1. The Labute approximate surface area is 209 Å². The van der Waals surface area contributed by atoms with Gasteiger partial charge in [-0.05, 0) is 68.5 Å². The van der Waals surface area contributed by atoms with E-state index in [4.69, 9.17) is 11.6 Å². The van der Waals surface area contributed by atoms with Crippen molar-refractivity contribution in [2.75, 3.05) is 11.4 Å². The summed E-state index contributed by atoms with van der Waals surface area (Å²) in [7, 11) is 0. The SMILES string of the molecule is O=C(NC1CCC[C@@H]1NC(=O)c1ccc(N2CCCCCC2=O)cc1)c1ccc2c(Cl)c[nH]c2c1. The number of nitrogens with zero attached hydrogens (tertiary/aromatic N) is 1. The van der Waals surface area contributed by atoms with E-state index in [0.29, 0.717) is 22.6 Å². The number of fused-ring (bicyclic) bond motifs is 1. The van der Waals surface area contributed by atoms with Crippen LogP contribution in [-0.4, -0.2) is 41.3 Å². The topological polar surface area (TPSA) is 94.3 Å². The van der Waals surface area contributed by atoms with Crippen molar-refractivity contribution in [3.8, 4) is 0 Å². The lowest BCUT2D eigenvalue weighted by molar-refractivity contribution is -0.118. The number of H-pyrrole nitrogens is 1. The first-order valence-electron chi connectivity index (χ1n) is 12.3. The summed E-state index contributed by atoms with van der Waals surface area (Å²) >= 11 is 6.13. The van der Waals surface area contributed by atoms with Crippen LogP contribution in [0.15, 0.2) is 48.7 Å². The summed E-state index contributed by atoms with van der Waals surface area (Å²) in [5.41, 5.74) is 2.73. The Morgan fingerprint density at radius 1 is 0.886 bits per heavy atom. The van der Waals surface area contributed by atoms with Gasteiger partial charge >= 0.3 is 0 Å². The van der Waals surface area contributed by atoms with E-state index in [1.807, 2.05) is 23.1 Å². The van der Waals surface area contributed by atoms with E-state index < -0.39 is 0 Å². The van der Waals surface area contributed by atoms with Crippen molar-refractivity contribution in [1.29, 1.82) is 0 Å². The Morgan fingerprint density at radius 2 is 1.57 bits per heavy atom. The molecular weight excluding hydrogens is 464 g/mol. The summed E-state index contributed by atoms with van der Waals surface area (Å²) in [5, 5.41) is 7.68. The molecule has 1 unspecified atom stereocenters. The van der Waals surface area contributed by atoms with Crippen LogP contribution in [-0.2, 0) is 4.79 Å². The predicted molar refractivity (Wildman–Crippen MR) is 137 cm³/mol. The number of aromatic amines is 1. The molecule has 7 nitrogen and oxygen atoms in total. The van der Waals surface area contributed by atoms with E-state index in [-0.39, 0.29) is 29.8 Å². The lowest BCUT2D eigenvalue weighted by atomic mass is 10.1. The van der Waals surface area contributed by atoms with E-state index in [9.17, 15) is 14.4 Å². The molecule has 3 aromatic rings. The smallest absolute Gasteiger partial charge is 0.251 e. The highest BCUT2D eigenvalue weighted by atomic mass is 35.5. The van der Waals surface area contributed by atoms with Gasteiger partial charge in [0.2, 0.25) is 5.91 Å². The molecule has 5 rings (SSSR count). The number of halogens is 1. The maximum absolute atomic E-state index is 12.9. The minimum Gasteiger partial charge on any atom is -0.360 e. The molecule has 2 heterocycles. The number of benzene rings is 2. The van der Waals surface area contributed by atoms with Crippen LogP contribution in [0.5, 0.6) is 0 Å². The zero-order valence-corrected chi connectivity index (χ0v) is 20.2. The van der Waals surface area contributed by atoms with Gasteiger partial charge in [-0.1, -0.05) is 24.1 Å². The Hall–Kier alpha value is -3.32. The highest BCUT2D eigenvalue weighted by molar-refractivity contribution is 6.35. The van der Waals surface area contributed by atoms with Crippen LogP contribution in [0.3, 0.4) is 0 Å². The Morgan fingerprint density at radius 3 is 2.31 bits per heavy atom. The second-order valence-electron chi connectivity index (χ2n) is 9.39. The highest BCUT2D eigenvalue weighted by Crippen LogP contribution is 2.25. The zero-order valence-electron chi connectivity index (χ0n) is 19.5. The van der Waals surface area contributed by atoms with Crippen LogP contribution in [0.2, 0.25) is 5.02 Å². The van der Waals surface area contributed by atoms with Crippen LogP contribution in [0.4, 0.5) is 5.69 Å². The fourth-order valence-corrected chi connectivity index (χ4v) is 5.31. The van der Waals surface area contributed by atoms with Crippen LogP contribution in [0, 0.1) is 0 Å². The molecule has 1 aliphatic heterocycles. The third kappa shape index (κ3) is 5.05. The number of rotatable bonds is 5. The maximum atomic E-state index is 12.9. The van der Waals surface area contributed by atoms with E-state index in [1.54, 1.807) is 30.5 Å². The second-order valence-corrected chi connectivity index (χ2v) is 9.80. The van der Waals surface area contributed by atoms with E-state index in [0.717, 1.165) is 61.7 Å². The highest BCUT2D eigenvalue weighted by Gasteiger charge is 2.30. The van der Waals surface area contributed by atoms with Gasteiger partial charge in [0.1, 0.15) is 0 Å². The summed E-state index contributed by atoms with van der Waals surface area (Å²) in [6, 6.07) is 12.3. The first-order valence-corrected chi connectivity index (χ1v) is 12.7. The zero-order chi connectivity index (χ0) is 24.4. The van der Waals surface area contributed by atoms with E-state index >= 15 is 0 Å². The van der Waals surface area contributed by atoms with Gasteiger partial charge in [-0.25, -0.2) is 0 Å². The molecule has 2 aliphatic rings. The molecule has 1 saturated carbocycles. The number of carbonyl (C=O) groups is 3. The Balaban J connectivity index is 1.21. The van der Waals surface area contributed by atoms with Gasteiger partial charge in [0.15, 0.2) is 0 Å². The molecule has 1 aliphatic carbocycles. The van der Waals surface area contributed by atoms with Crippen molar-refractivity contribution in [2.45, 2.75) is 57.0 Å². The van der Waals surface area contributed by atoms with Crippen LogP contribution in [0.1, 0.15) is 65.7 Å². The molecule has 2 aromatic carbocycles. The summed E-state index contributed by atoms with van der Waals surface area (Å²) in [4.78, 5) is 43.1. The van der Waals surface area contributed by atoms with Crippen LogP contribution in [0.25, 0.3) is 10.9 Å². The van der Waals surface area contributed by atoms with Crippen molar-refractivity contribution < 1.29 is 14.4 Å². The molecule has 0 radical (unpaired) electrons. The molecule has 3 N–H and O–H groups in total. The third-order valence-electron chi connectivity index (χ3n) is 7.06. The van der Waals surface area contributed by atoms with Gasteiger partial charge in [-0.2, -0.15) is 0 Å². The van der Waals surface area contributed by atoms with Crippen molar-refractivity contribution in [1.82, 2.24) is 15.6 Å². The number of hydrogen-bond acceptors (Lipinski definition) is 3. The van der Waals surface area contributed by atoms with Gasteiger partial charge in [0.05, 0.1) is 5.02 Å². The quantitative estimate of drug-likeness (QED) is 0.477. The maximum Gasteiger partial charge on any atom is 0.251 e. The molecule has 1 aromatic heterocycles. The molecule has 2 fully saturated rings. The molecule has 2 atom stereocenters. The molecular formula is C27H29ClN4O3. The van der Waals surface area contributed by atoms with Crippen molar-refractivity contribution in [3.05, 3.63) is 64.8 Å². The number of hydrogen-bond donors (Lipinski definition) is 3. The summed E-state index contributed by atoms with van der Waals surface area (Å²) < 4.78 is 0. The Kier molecular flexibility index (Phi) is 6.77. The van der Waals surface area contributed by atoms with Crippen molar-refractivity contribution in [2.24, 2.45) is 0 Å². The molecule has 0 bridgehead atoms. The van der Waals surface area contributed by atoms with Crippen LogP contribution < -0.4 is 15.5 Å². The Bertz CT molecular complexity index is 1250. The third-order valence-corrected chi connectivity index (χ3v) is 7.37. The predicted octanol–water partition coefficient (Wildman–Crippen LogP) is 4.81. The van der Waals surface area contributed by atoms with Gasteiger partial charge in [-0.3, -0.25) is 14.4 Å². The van der Waals surface area contributed by atoms with E-state index in [1.165, 1.54) is 0 Å². The van der Waals surface area contributed by atoms with Gasteiger partial charge < -0.3 is 20.5 Å². The van der Waals surface area contributed by atoms with Gasteiger partial charge in [0.25, 0.3) is 11.8 Å². The van der Waals surface area contributed by atoms with Crippen molar-refractivity contribution in [3.63, 3.8) is 0 Å².